The van der Waals surface area contributed by atoms with Gasteiger partial charge in [-0.1, -0.05) is 0 Å². The Morgan fingerprint density at radius 1 is 1.26 bits per heavy atom. The monoisotopic (exact) mass is 370 g/mol. The highest BCUT2D eigenvalue weighted by Crippen LogP contribution is 2.31. The van der Waals surface area contributed by atoms with Crippen molar-refractivity contribution in [2.75, 3.05) is 7.11 Å². The molecule has 0 bridgehead atoms. The first-order valence-corrected chi connectivity index (χ1v) is 8.39. The first kappa shape index (κ1) is 17.1. The van der Waals surface area contributed by atoms with Crippen LogP contribution in [0.1, 0.15) is 34.1 Å². The molecule has 27 heavy (non-hydrogen) atoms. The van der Waals surface area contributed by atoms with Gasteiger partial charge in [-0.3, -0.25) is 4.79 Å². The van der Waals surface area contributed by atoms with E-state index < -0.39 is 17.5 Å². The molecule has 0 saturated carbocycles. The van der Waals surface area contributed by atoms with E-state index in [1.54, 1.807) is 23.0 Å². The third kappa shape index (κ3) is 3.38. The van der Waals surface area contributed by atoms with E-state index in [0.717, 1.165) is 35.1 Å². The van der Waals surface area contributed by atoms with Gasteiger partial charge in [-0.2, -0.15) is 5.10 Å². The number of halogens is 2. The normalized spacial score (nSPS) is 15.4. The minimum atomic E-state index is -0.785. The van der Waals surface area contributed by atoms with Crippen molar-refractivity contribution in [1.82, 2.24) is 20.1 Å². The topological polar surface area (TPSA) is 69.0 Å². The Labute approximate surface area is 153 Å². The summed E-state index contributed by atoms with van der Waals surface area (Å²) in [5.74, 6) is -1.62. The molecule has 138 valence electrons. The van der Waals surface area contributed by atoms with Crippen LogP contribution in [0, 0.1) is 11.6 Å². The fourth-order valence-electron chi connectivity index (χ4n) is 3.21. The van der Waals surface area contributed by atoms with E-state index in [0.29, 0.717) is 18.7 Å². The number of carbonyl (C=O) groups excluding carboxylic acids is 1. The maximum atomic E-state index is 13.3. The summed E-state index contributed by atoms with van der Waals surface area (Å²) in [6, 6.07) is 6.05. The first-order valence-electron chi connectivity index (χ1n) is 8.39. The predicted molar refractivity (Wildman–Crippen MR) is 92.8 cm³/mol. The average molecular weight is 370 g/mol. The lowest BCUT2D eigenvalue weighted by atomic mass is 10.1. The van der Waals surface area contributed by atoms with Crippen molar-refractivity contribution in [3.8, 4) is 11.6 Å². The molecule has 8 heteroatoms. The number of nitrogens with one attached hydrogen (secondary N) is 1. The van der Waals surface area contributed by atoms with Gasteiger partial charge >= 0.3 is 0 Å². The molecule has 1 aliphatic rings. The Morgan fingerprint density at radius 2 is 2.04 bits per heavy atom. The lowest BCUT2D eigenvalue weighted by Crippen LogP contribution is -2.27. The van der Waals surface area contributed by atoms with Crippen LogP contribution in [-0.2, 0) is 6.42 Å². The van der Waals surface area contributed by atoms with Gasteiger partial charge in [-0.15, -0.1) is 0 Å². The van der Waals surface area contributed by atoms with E-state index in [9.17, 15) is 13.6 Å². The quantitative estimate of drug-likeness (QED) is 0.767. The van der Waals surface area contributed by atoms with Crippen molar-refractivity contribution in [3.05, 3.63) is 71.2 Å². The maximum Gasteiger partial charge on any atom is 0.251 e. The molecule has 0 aliphatic heterocycles. The summed E-state index contributed by atoms with van der Waals surface area (Å²) >= 11 is 0. The van der Waals surface area contributed by atoms with Gasteiger partial charge in [0.05, 0.1) is 24.5 Å². The van der Waals surface area contributed by atoms with Crippen molar-refractivity contribution in [2.24, 2.45) is 0 Å². The van der Waals surface area contributed by atoms with Gasteiger partial charge in [0.2, 0.25) is 5.88 Å². The number of rotatable bonds is 4. The van der Waals surface area contributed by atoms with Crippen molar-refractivity contribution in [3.63, 3.8) is 0 Å². The van der Waals surface area contributed by atoms with Gasteiger partial charge in [-0.25, -0.2) is 18.4 Å². The third-order valence-corrected chi connectivity index (χ3v) is 4.49. The molecule has 2 aromatic heterocycles. The molecule has 0 unspecified atom stereocenters. The zero-order valence-electron chi connectivity index (χ0n) is 14.4. The molecule has 1 aliphatic carbocycles. The van der Waals surface area contributed by atoms with E-state index in [1.807, 2.05) is 6.20 Å². The van der Waals surface area contributed by atoms with Crippen LogP contribution in [0.25, 0.3) is 5.69 Å². The second-order valence-electron chi connectivity index (χ2n) is 6.25. The maximum absolute atomic E-state index is 13.3. The molecule has 4 rings (SSSR count). The fraction of sp³-hybridized carbons (Fsp3) is 0.211. The number of pyridine rings is 1. The van der Waals surface area contributed by atoms with E-state index in [-0.39, 0.29) is 11.6 Å². The molecule has 6 nitrogen and oxygen atoms in total. The standard InChI is InChI=1S/C19H16F2N4O2/c1-27-18-9-14(4-5-22-18)25-10-15-16(2-3-17(15)24-25)23-19(26)11-6-12(20)8-13(21)7-11/h4-10,16H,2-3H2,1H3,(H,23,26)/t16-/m0/s1. The summed E-state index contributed by atoms with van der Waals surface area (Å²) in [6.07, 6.45) is 4.85. The fourth-order valence-corrected chi connectivity index (χ4v) is 3.21. The first-order chi connectivity index (χ1) is 13.0. The lowest BCUT2D eigenvalue weighted by Gasteiger charge is -2.13. The number of aromatic nitrogens is 3. The van der Waals surface area contributed by atoms with Crippen LogP contribution < -0.4 is 10.1 Å². The van der Waals surface area contributed by atoms with Crippen LogP contribution in [0.2, 0.25) is 0 Å². The summed E-state index contributed by atoms with van der Waals surface area (Å²) < 4.78 is 33.5. The Hall–Kier alpha value is -3.29. The molecular weight excluding hydrogens is 354 g/mol. The molecule has 1 atom stereocenters. The molecule has 1 amide bonds. The van der Waals surface area contributed by atoms with Crippen LogP contribution in [0.4, 0.5) is 8.78 Å². The third-order valence-electron chi connectivity index (χ3n) is 4.49. The van der Waals surface area contributed by atoms with Crippen molar-refractivity contribution in [1.29, 1.82) is 0 Å². The lowest BCUT2D eigenvalue weighted by molar-refractivity contribution is 0.0935. The van der Waals surface area contributed by atoms with Crippen molar-refractivity contribution >= 4 is 5.91 Å². The summed E-state index contributed by atoms with van der Waals surface area (Å²) in [6.45, 7) is 0. The second kappa shape index (κ2) is 6.79. The molecule has 0 saturated heterocycles. The predicted octanol–water partition coefficient (Wildman–Crippen LogP) is 2.97. The van der Waals surface area contributed by atoms with Crippen molar-refractivity contribution < 1.29 is 18.3 Å². The number of carbonyl (C=O) groups is 1. The molecular formula is C19H16F2N4O2. The number of nitrogens with zero attached hydrogens (tertiary/aromatic N) is 3. The highest BCUT2D eigenvalue weighted by atomic mass is 19.1. The van der Waals surface area contributed by atoms with Gasteiger partial charge in [0.15, 0.2) is 0 Å². The molecule has 2 heterocycles. The van der Waals surface area contributed by atoms with Crippen LogP contribution >= 0.6 is 0 Å². The number of amides is 1. The van der Waals surface area contributed by atoms with Crippen LogP contribution in [0.5, 0.6) is 5.88 Å². The summed E-state index contributed by atoms with van der Waals surface area (Å²) in [5.41, 5.74) is 2.50. The second-order valence-corrected chi connectivity index (χ2v) is 6.25. The zero-order valence-corrected chi connectivity index (χ0v) is 14.4. The zero-order chi connectivity index (χ0) is 19.0. The van der Waals surface area contributed by atoms with Gasteiger partial charge in [0.25, 0.3) is 5.91 Å². The van der Waals surface area contributed by atoms with E-state index in [4.69, 9.17) is 4.74 Å². The number of hydrogen-bond donors (Lipinski definition) is 1. The van der Waals surface area contributed by atoms with Crippen LogP contribution in [-0.4, -0.2) is 27.8 Å². The van der Waals surface area contributed by atoms with Gasteiger partial charge < -0.3 is 10.1 Å². The molecule has 0 radical (unpaired) electrons. The largest absolute Gasteiger partial charge is 0.481 e. The van der Waals surface area contributed by atoms with Crippen LogP contribution in [0.3, 0.4) is 0 Å². The van der Waals surface area contributed by atoms with E-state index in [2.05, 4.69) is 15.4 Å². The molecule has 3 aromatic rings. The van der Waals surface area contributed by atoms with E-state index >= 15 is 0 Å². The van der Waals surface area contributed by atoms with Gasteiger partial charge in [-0.05, 0) is 31.0 Å². The number of benzene rings is 1. The summed E-state index contributed by atoms with van der Waals surface area (Å²) in [5, 5.41) is 7.39. The number of methoxy groups -OCH3 is 1. The van der Waals surface area contributed by atoms with Gasteiger partial charge in [0, 0.05) is 35.7 Å². The molecule has 1 aromatic carbocycles. The minimum Gasteiger partial charge on any atom is -0.481 e. The summed E-state index contributed by atoms with van der Waals surface area (Å²) in [4.78, 5) is 16.4. The number of hydrogen-bond acceptors (Lipinski definition) is 4. The highest BCUT2D eigenvalue weighted by molar-refractivity contribution is 5.94. The number of fused-ring (bicyclic) bond motifs is 1. The van der Waals surface area contributed by atoms with Crippen LogP contribution in [0.15, 0.2) is 42.7 Å². The smallest absolute Gasteiger partial charge is 0.251 e. The number of ether oxygens (including phenoxy) is 1. The molecule has 1 N–H and O–H groups in total. The van der Waals surface area contributed by atoms with Gasteiger partial charge in [0.1, 0.15) is 11.6 Å². The van der Waals surface area contributed by atoms with Crippen molar-refractivity contribution in [2.45, 2.75) is 18.9 Å². The average Bonchev–Trinajstić information content (AvgIpc) is 3.23. The summed E-state index contributed by atoms with van der Waals surface area (Å²) in [7, 11) is 1.54. The highest BCUT2D eigenvalue weighted by Gasteiger charge is 2.28. The van der Waals surface area contributed by atoms with E-state index in [1.165, 1.54) is 7.11 Å². The Balaban J connectivity index is 1.56. The SMILES string of the molecule is COc1cc(-n2cc3c(n2)CC[C@@H]3NC(=O)c2cc(F)cc(F)c2)ccn1. The minimum absolute atomic E-state index is 0.0489. The molecule has 0 spiro atoms. The number of aryl methyl sites for hydroxylation is 1. The Morgan fingerprint density at radius 3 is 2.78 bits per heavy atom. The Kier molecular flexibility index (Phi) is 4.31. The Bertz CT molecular complexity index is 998. The molecule has 0 fully saturated rings.